The van der Waals surface area contributed by atoms with Gasteiger partial charge in [-0.25, -0.2) is 0 Å². The van der Waals surface area contributed by atoms with Gasteiger partial charge in [0.25, 0.3) is 0 Å². The number of halogens is 1. The van der Waals surface area contributed by atoms with Crippen molar-refractivity contribution in [3.63, 3.8) is 0 Å². The third kappa shape index (κ3) is 3.61. The summed E-state index contributed by atoms with van der Waals surface area (Å²) in [5, 5.41) is 0. The maximum atomic E-state index is 11.2. The highest BCUT2D eigenvalue weighted by Gasteiger charge is 2.23. The highest BCUT2D eigenvalue weighted by atomic mass is 35.5. The highest BCUT2D eigenvalue weighted by molar-refractivity contribution is 5.93. The lowest BCUT2D eigenvalue weighted by molar-refractivity contribution is 0.0999. The van der Waals surface area contributed by atoms with Crippen LogP contribution in [0.3, 0.4) is 0 Å². The fourth-order valence-electron chi connectivity index (χ4n) is 2.35. The number of primary amides is 1. The van der Waals surface area contributed by atoms with E-state index in [0.29, 0.717) is 18.2 Å². The number of nitrogens with two attached hydrogens (primary N) is 1. The fourth-order valence-corrected chi connectivity index (χ4v) is 2.35. The van der Waals surface area contributed by atoms with Gasteiger partial charge in [-0.05, 0) is 50.2 Å². The molecule has 0 bridgehead atoms. The number of hydrogen-bond acceptors (Lipinski definition) is 3. The third-order valence-electron chi connectivity index (χ3n) is 3.43. The van der Waals surface area contributed by atoms with Gasteiger partial charge in [-0.1, -0.05) is 6.92 Å². The zero-order valence-electron chi connectivity index (χ0n) is 11.4. The molecule has 0 unspecified atom stereocenters. The molecule has 2 N–H and O–H groups in total. The number of likely N-dealkylation sites (N-methyl/N-ethyl adjacent to an activating group) is 1. The van der Waals surface area contributed by atoms with Gasteiger partial charge in [0, 0.05) is 11.6 Å². The van der Waals surface area contributed by atoms with E-state index in [9.17, 15) is 4.79 Å². The van der Waals surface area contributed by atoms with E-state index in [1.807, 2.05) is 12.1 Å². The van der Waals surface area contributed by atoms with Crippen LogP contribution in [0.25, 0.3) is 0 Å². The molecule has 19 heavy (non-hydrogen) atoms. The molecule has 1 aliphatic rings. The number of ether oxygens (including phenoxy) is 1. The molecule has 0 radical (unpaired) electrons. The number of hydrogen-bond donors (Lipinski definition) is 1. The Hall–Kier alpha value is -1.26. The molecule has 0 fully saturated rings. The van der Waals surface area contributed by atoms with Crippen molar-refractivity contribution in [1.29, 1.82) is 0 Å². The van der Waals surface area contributed by atoms with Gasteiger partial charge in [0.15, 0.2) is 0 Å². The number of benzene rings is 1. The lowest BCUT2D eigenvalue weighted by Crippen LogP contribution is -2.41. The monoisotopic (exact) mass is 284 g/mol. The van der Waals surface area contributed by atoms with E-state index >= 15 is 0 Å². The lowest BCUT2D eigenvalue weighted by atomic mass is 9.99. The molecule has 4 nitrogen and oxygen atoms in total. The molecular formula is C14H21ClN2O2. The van der Waals surface area contributed by atoms with Gasteiger partial charge in [-0.15, -0.1) is 12.4 Å². The Morgan fingerprint density at radius 1 is 1.53 bits per heavy atom. The summed E-state index contributed by atoms with van der Waals surface area (Å²) >= 11 is 0. The summed E-state index contributed by atoms with van der Waals surface area (Å²) in [7, 11) is 2.11. The summed E-state index contributed by atoms with van der Waals surface area (Å²) in [6, 6.07) is 5.78. The first kappa shape index (κ1) is 15.8. The van der Waals surface area contributed by atoms with Crippen molar-refractivity contribution in [2.75, 3.05) is 20.2 Å². The molecule has 1 atom stereocenters. The Balaban J connectivity index is 0.00000180. The lowest BCUT2D eigenvalue weighted by Gasteiger charge is -2.32. The number of nitrogens with zero attached hydrogens (tertiary/aromatic N) is 1. The van der Waals surface area contributed by atoms with E-state index in [1.165, 1.54) is 0 Å². The van der Waals surface area contributed by atoms with Crippen LogP contribution < -0.4 is 10.5 Å². The molecule has 106 valence electrons. The minimum atomic E-state index is -0.387. The van der Waals surface area contributed by atoms with Gasteiger partial charge in [0.1, 0.15) is 12.4 Å². The van der Waals surface area contributed by atoms with Gasteiger partial charge in [-0.2, -0.15) is 0 Å². The maximum absolute atomic E-state index is 11.2. The number of amides is 1. The topological polar surface area (TPSA) is 55.6 Å². The molecule has 1 amide bonds. The second-order valence-electron chi connectivity index (χ2n) is 4.84. The average Bonchev–Trinajstić information content (AvgIpc) is 2.37. The largest absolute Gasteiger partial charge is 0.492 e. The van der Waals surface area contributed by atoms with Crippen LogP contribution >= 0.6 is 12.4 Å². The van der Waals surface area contributed by atoms with Crippen LogP contribution in [0, 0.1) is 0 Å². The Kier molecular flexibility index (Phi) is 5.63. The third-order valence-corrected chi connectivity index (χ3v) is 3.43. The van der Waals surface area contributed by atoms with Crippen LogP contribution in [-0.4, -0.2) is 37.0 Å². The van der Waals surface area contributed by atoms with Crippen molar-refractivity contribution in [1.82, 2.24) is 4.90 Å². The maximum Gasteiger partial charge on any atom is 0.248 e. The summed E-state index contributed by atoms with van der Waals surface area (Å²) in [6.07, 6.45) is 2.04. The van der Waals surface area contributed by atoms with E-state index < -0.39 is 0 Å². The quantitative estimate of drug-likeness (QED) is 0.918. The van der Waals surface area contributed by atoms with Crippen molar-refractivity contribution in [3.05, 3.63) is 29.3 Å². The summed E-state index contributed by atoms with van der Waals surface area (Å²) in [5.41, 5.74) is 6.93. The van der Waals surface area contributed by atoms with Crippen molar-refractivity contribution >= 4 is 18.3 Å². The SMILES string of the molecule is CCCN(C)[C@@H]1COc2ccc(C(N)=O)cc2C1.Cl. The number of carbonyl (C=O) groups is 1. The Morgan fingerprint density at radius 3 is 2.89 bits per heavy atom. The second-order valence-corrected chi connectivity index (χ2v) is 4.84. The first-order chi connectivity index (χ1) is 8.61. The van der Waals surface area contributed by atoms with Crippen LogP contribution in [0.15, 0.2) is 18.2 Å². The normalized spacial score (nSPS) is 17.3. The van der Waals surface area contributed by atoms with Gasteiger partial charge in [-0.3, -0.25) is 9.69 Å². The molecule has 5 heteroatoms. The molecule has 1 aromatic rings. The summed E-state index contributed by atoms with van der Waals surface area (Å²) < 4.78 is 5.74. The molecule has 0 aromatic heterocycles. The van der Waals surface area contributed by atoms with Gasteiger partial charge >= 0.3 is 0 Å². The number of fused-ring (bicyclic) bond motifs is 1. The van der Waals surface area contributed by atoms with Crippen LogP contribution in [0.2, 0.25) is 0 Å². The minimum Gasteiger partial charge on any atom is -0.492 e. The van der Waals surface area contributed by atoms with E-state index in [2.05, 4.69) is 18.9 Å². The second kappa shape index (κ2) is 6.78. The number of rotatable bonds is 4. The summed E-state index contributed by atoms with van der Waals surface area (Å²) in [6.45, 7) is 3.93. The number of carbonyl (C=O) groups excluding carboxylic acids is 1. The van der Waals surface area contributed by atoms with E-state index in [-0.39, 0.29) is 18.3 Å². The molecular weight excluding hydrogens is 264 g/mol. The first-order valence-corrected chi connectivity index (χ1v) is 6.37. The Morgan fingerprint density at radius 2 is 2.26 bits per heavy atom. The molecule has 0 saturated carbocycles. The van der Waals surface area contributed by atoms with E-state index in [1.54, 1.807) is 6.07 Å². The molecule has 1 aromatic carbocycles. The Labute approximate surface area is 120 Å². The zero-order valence-corrected chi connectivity index (χ0v) is 12.2. The predicted molar refractivity (Wildman–Crippen MR) is 78.1 cm³/mol. The zero-order chi connectivity index (χ0) is 13.1. The van der Waals surface area contributed by atoms with Crippen LogP contribution in [-0.2, 0) is 6.42 Å². The van der Waals surface area contributed by atoms with E-state index in [4.69, 9.17) is 10.5 Å². The average molecular weight is 285 g/mol. The van der Waals surface area contributed by atoms with E-state index in [0.717, 1.165) is 30.7 Å². The summed E-state index contributed by atoms with van der Waals surface area (Å²) in [4.78, 5) is 13.5. The van der Waals surface area contributed by atoms with Crippen molar-refractivity contribution < 1.29 is 9.53 Å². The van der Waals surface area contributed by atoms with Crippen LogP contribution in [0.4, 0.5) is 0 Å². The molecule has 0 spiro atoms. The molecule has 1 aliphatic heterocycles. The Bertz CT molecular complexity index is 451. The van der Waals surface area contributed by atoms with Gasteiger partial charge < -0.3 is 10.5 Å². The van der Waals surface area contributed by atoms with Crippen molar-refractivity contribution in [2.45, 2.75) is 25.8 Å². The smallest absolute Gasteiger partial charge is 0.248 e. The highest BCUT2D eigenvalue weighted by Crippen LogP contribution is 2.27. The van der Waals surface area contributed by atoms with Crippen molar-refractivity contribution in [3.8, 4) is 5.75 Å². The fraction of sp³-hybridized carbons (Fsp3) is 0.500. The molecule has 0 saturated heterocycles. The molecule has 1 heterocycles. The minimum absolute atomic E-state index is 0. The standard InChI is InChI=1S/C14H20N2O2.ClH/c1-3-6-16(2)12-8-11-7-10(14(15)17)4-5-13(11)18-9-12;/h4-5,7,12H,3,6,8-9H2,1-2H3,(H2,15,17);1H/t12-;/m0./s1. The first-order valence-electron chi connectivity index (χ1n) is 6.37. The molecule has 2 rings (SSSR count). The predicted octanol–water partition coefficient (Wildman–Crippen LogP) is 1.85. The van der Waals surface area contributed by atoms with Crippen LogP contribution in [0.5, 0.6) is 5.75 Å². The van der Waals surface area contributed by atoms with Crippen LogP contribution in [0.1, 0.15) is 29.3 Å². The van der Waals surface area contributed by atoms with Gasteiger partial charge in [0.2, 0.25) is 5.91 Å². The summed E-state index contributed by atoms with van der Waals surface area (Å²) in [5.74, 6) is 0.489. The van der Waals surface area contributed by atoms with Gasteiger partial charge in [0.05, 0.1) is 0 Å². The molecule has 0 aliphatic carbocycles. The van der Waals surface area contributed by atoms with Crippen molar-refractivity contribution in [2.24, 2.45) is 5.73 Å².